The van der Waals surface area contributed by atoms with Gasteiger partial charge in [-0.25, -0.2) is 9.78 Å². The normalized spacial score (nSPS) is 19.0. The number of rotatable bonds is 6. The van der Waals surface area contributed by atoms with E-state index in [4.69, 9.17) is 20.2 Å². The van der Waals surface area contributed by atoms with Gasteiger partial charge in [0.05, 0.1) is 29.0 Å². The van der Waals surface area contributed by atoms with E-state index in [0.717, 1.165) is 5.56 Å². The fourth-order valence-corrected chi connectivity index (χ4v) is 5.17. The van der Waals surface area contributed by atoms with E-state index in [2.05, 4.69) is 0 Å². The van der Waals surface area contributed by atoms with E-state index >= 15 is 0 Å². The number of benzene rings is 1. The van der Waals surface area contributed by atoms with E-state index in [1.807, 2.05) is 19.9 Å². The molecule has 2 atom stereocenters. The molecule has 37 heavy (non-hydrogen) atoms. The standard InChI is InChI=1S/C27H29N3O7/c1-4-27(37-25(34)19(28)7-13(2)3)18-10-21-22-16(11-30(21)23(31)17(18)12-36-26(27)35)9-15-8-14(24(32)33)5-6-20(15)29-22/h5-6,8-10,13,19,24,32-33H,4,7,11-12,28H2,1-3H3/t19-,27-/m0/s1. The van der Waals surface area contributed by atoms with Crippen molar-refractivity contribution in [3.05, 3.63) is 62.9 Å². The highest BCUT2D eigenvalue weighted by Gasteiger charge is 2.51. The minimum absolute atomic E-state index is 0.0616. The van der Waals surface area contributed by atoms with Crippen LogP contribution in [-0.4, -0.2) is 37.7 Å². The zero-order chi connectivity index (χ0) is 26.6. The van der Waals surface area contributed by atoms with E-state index in [1.165, 1.54) is 0 Å². The van der Waals surface area contributed by atoms with E-state index < -0.39 is 29.9 Å². The highest BCUT2D eigenvalue weighted by molar-refractivity contribution is 5.89. The van der Waals surface area contributed by atoms with Gasteiger partial charge < -0.3 is 30.0 Å². The monoisotopic (exact) mass is 507 g/mol. The average Bonchev–Trinajstić information content (AvgIpc) is 3.21. The highest BCUT2D eigenvalue weighted by atomic mass is 16.6. The highest BCUT2D eigenvalue weighted by Crippen LogP contribution is 2.41. The van der Waals surface area contributed by atoms with Gasteiger partial charge in [-0.1, -0.05) is 26.8 Å². The number of carbonyl (C=O) groups excluding carboxylic acids is 2. The predicted molar refractivity (Wildman–Crippen MR) is 133 cm³/mol. The summed E-state index contributed by atoms with van der Waals surface area (Å²) in [6.45, 7) is 5.57. The molecule has 0 saturated heterocycles. The number of esters is 2. The zero-order valence-electron chi connectivity index (χ0n) is 20.9. The maximum atomic E-state index is 13.6. The number of pyridine rings is 2. The maximum absolute atomic E-state index is 13.6. The molecule has 0 aliphatic carbocycles. The lowest BCUT2D eigenvalue weighted by Crippen LogP contribution is -2.50. The van der Waals surface area contributed by atoms with Crippen molar-refractivity contribution in [2.45, 2.75) is 64.7 Å². The zero-order valence-corrected chi connectivity index (χ0v) is 20.9. The maximum Gasteiger partial charge on any atom is 0.355 e. The number of carbonyl (C=O) groups is 2. The molecule has 5 rings (SSSR count). The number of aliphatic hydroxyl groups is 2. The summed E-state index contributed by atoms with van der Waals surface area (Å²) in [5, 5.41) is 19.7. The third-order valence-electron chi connectivity index (χ3n) is 7.10. The SMILES string of the molecule is CC[C@@]1(OC(=O)[C@@H](N)CC(C)C)C(=O)OCc2c1cc1n(c2=O)Cc2cc3cc(C(O)O)ccc3nc2-1. The molecule has 0 unspecified atom stereocenters. The molecule has 10 heteroatoms. The lowest BCUT2D eigenvalue weighted by molar-refractivity contribution is -0.190. The van der Waals surface area contributed by atoms with Crippen LogP contribution in [0.1, 0.15) is 62.2 Å². The van der Waals surface area contributed by atoms with Crippen molar-refractivity contribution in [2.24, 2.45) is 11.7 Å². The summed E-state index contributed by atoms with van der Waals surface area (Å²) in [6, 6.07) is 7.51. The molecule has 4 N–H and O–H groups in total. The lowest BCUT2D eigenvalue weighted by atomic mass is 9.85. The average molecular weight is 508 g/mol. The second kappa shape index (κ2) is 9.05. The molecule has 3 aromatic rings. The molecule has 10 nitrogen and oxygen atoms in total. The molecule has 0 saturated carbocycles. The number of fused-ring (bicyclic) bond motifs is 5. The molecule has 0 spiro atoms. The number of nitrogens with zero attached hydrogens (tertiary/aromatic N) is 2. The summed E-state index contributed by atoms with van der Waals surface area (Å²) in [7, 11) is 0. The summed E-state index contributed by atoms with van der Waals surface area (Å²) in [4.78, 5) is 44.4. The van der Waals surface area contributed by atoms with Crippen LogP contribution in [-0.2, 0) is 37.8 Å². The number of hydrogen-bond acceptors (Lipinski definition) is 9. The first-order chi connectivity index (χ1) is 17.6. The van der Waals surface area contributed by atoms with Crippen LogP contribution in [0, 0.1) is 5.92 Å². The van der Waals surface area contributed by atoms with Crippen LogP contribution in [0.3, 0.4) is 0 Å². The Morgan fingerprint density at radius 3 is 2.68 bits per heavy atom. The molecular weight excluding hydrogens is 478 g/mol. The van der Waals surface area contributed by atoms with Crippen LogP contribution in [0.5, 0.6) is 0 Å². The minimum atomic E-state index is -1.79. The van der Waals surface area contributed by atoms with Crippen LogP contribution in [0.4, 0.5) is 0 Å². The van der Waals surface area contributed by atoms with E-state index in [0.29, 0.717) is 39.8 Å². The molecule has 4 heterocycles. The third kappa shape index (κ3) is 4.01. The smallest absolute Gasteiger partial charge is 0.355 e. The van der Waals surface area contributed by atoms with Gasteiger partial charge in [-0.15, -0.1) is 0 Å². The second-order valence-corrected chi connectivity index (χ2v) is 10.0. The quantitative estimate of drug-likeness (QED) is 0.262. The summed E-state index contributed by atoms with van der Waals surface area (Å²) in [5.74, 6) is -1.32. The van der Waals surface area contributed by atoms with Crippen molar-refractivity contribution < 1.29 is 29.3 Å². The number of hydrogen-bond donors (Lipinski definition) is 3. The van der Waals surface area contributed by atoms with Gasteiger partial charge in [0.1, 0.15) is 12.6 Å². The van der Waals surface area contributed by atoms with Gasteiger partial charge in [0.2, 0.25) is 5.60 Å². The molecule has 194 valence electrons. The Balaban J connectivity index is 1.64. The molecule has 2 aliphatic heterocycles. The van der Waals surface area contributed by atoms with Crippen LogP contribution in [0.2, 0.25) is 0 Å². The van der Waals surface area contributed by atoms with Crippen molar-refractivity contribution in [3.63, 3.8) is 0 Å². The van der Waals surface area contributed by atoms with Crippen LogP contribution < -0.4 is 11.3 Å². The lowest BCUT2D eigenvalue weighted by Gasteiger charge is -2.36. The minimum Gasteiger partial charge on any atom is -0.457 e. The first-order valence-electron chi connectivity index (χ1n) is 12.3. The van der Waals surface area contributed by atoms with Crippen molar-refractivity contribution in [2.75, 3.05) is 0 Å². The summed E-state index contributed by atoms with van der Waals surface area (Å²) in [5.41, 5.74) is 7.21. The molecular formula is C27H29N3O7. The van der Waals surface area contributed by atoms with E-state index in [9.17, 15) is 24.6 Å². The van der Waals surface area contributed by atoms with Gasteiger partial charge in [0.15, 0.2) is 6.29 Å². The molecule has 0 radical (unpaired) electrons. The Hall–Kier alpha value is -3.60. The summed E-state index contributed by atoms with van der Waals surface area (Å²) >= 11 is 0. The molecule has 0 bridgehead atoms. The second-order valence-electron chi connectivity index (χ2n) is 10.0. The van der Waals surface area contributed by atoms with Crippen LogP contribution >= 0.6 is 0 Å². The summed E-state index contributed by atoms with van der Waals surface area (Å²) < 4.78 is 12.7. The molecule has 1 aromatic carbocycles. The largest absolute Gasteiger partial charge is 0.457 e. The topological polar surface area (TPSA) is 154 Å². The van der Waals surface area contributed by atoms with Gasteiger partial charge in [0, 0.05) is 22.1 Å². The predicted octanol–water partition coefficient (Wildman–Crippen LogP) is 1.99. The van der Waals surface area contributed by atoms with Crippen LogP contribution in [0.25, 0.3) is 22.3 Å². The first-order valence-corrected chi connectivity index (χ1v) is 12.3. The Bertz CT molecular complexity index is 1490. The summed E-state index contributed by atoms with van der Waals surface area (Å²) in [6.07, 6.45) is -1.17. The molecule has 0 amide bonds. The van der Waals surface area contributed by atoms with Gasteiger partial charge in [0.25, 0.3) is 5.56 Å². The Morgan fingerprint density at radius 2 is 2.00 bits per heavy atom. The number of aromatic nitrogens is 2. The number of nitrogens with two attached hydrogens (primary N) is 1. The Kier molecular flexibility index (Phi) is 6.13. The third-order valence-corrected chi connectivity index (χ3v) is 7.10. The van der Waals surface area contributed by atoms with Crippen molar-refractivity contribution in [3.8, 4) is 11.4 Å². The number of aliphatic hydroxyl groups excluding tert-OH is 1. The van der Waals surface area contributed by atoms with Crippen LogP contribution in [0.15, 0.2) is 35.1 Å². The van der Waals surface area contributed by atoms with Gasteiger partial charge in [-0.3, -0.25) is 9.59 Å². The molecule has 0 fully saturated rings. The molecule has 2 aliphatic rings. The van der Waals surface area contributed by atoms with Crippen molar-refractivity contribution in [1.29, 1.82) is 0 Å². The fourth-order valence-electron chi connectivity index (χ4n) is 5.17. The molecule has 2 aromatic heterocycles. The number of ether oxygens (including phenoxy) is 2. The van der Waals surface area contributed by atoms with Gasteiger partial charge in [-0.2, -0.15) is 0 Å². The fraction of sp³-hybridized carbons (Fsp3) is 0.407. The number of cyclic esters (lactones) is 1. The van der Waals surface area contributed by atoms with Crippen molar-refractivity contribution in [1.82, 2.24) is 9.55 Å². The van der Waals surface area contributed by atoms with E-state index in [1.54, 1.807) is 35.8 Å². The van der Waals surface area contributed by atoms with E-state index in [-0.39, 0.29) is 36.6 Å². The first kappa shape index (κ1) is 25.1. The van der Waals surface area contributed by atoms with Gasteiger partial charge >= 0.3 is 11.9 Å². The van der Waals surface area contributed by atoms with Crippen molar-refractivity contribution >= 4 is 22.8 Å². The Labute approximate surface area is 212 Å². The van der Waals surface area contributed by atoms with Gasteiger partial charge in [-0.05, 0) is 43.0 Å². The Morgan fingerprint density at radius 1 is 1.24 bits per heavy atom.